The predicted molar refractivity (Wildman–Crippen MR) is 105 cm³/mol. The molecule has 0 spiro atoms. The Kier molecular flexibility index (Phi) is 5.88. The van der Waals surface area contributed by atoms with E-state index in [1.54, 1.807) is 24.3 Å². The van der Waals surface area contributed by atoms with E-state index in [0.29, 0.717) is 42.3 Å². The first-order valence-electron chi connectivity index (χ1n) is 8.91. The summed E-state index contributed by atoms with van der Waals surface area (Å²) in [5.74, 6) is -0.127. The number of carbonyl (C=O) groups is 1. The van der Waals surface area contributed by atoms with Gasteiger partial charge < -0.3 is 20.6 Å². The fraction of sp³-hybridized carbons (Fsp3) is 0.238. The molecule has 1 heterocycles. The maximum atomic E-state index is 12.1. The van der Waals surface area contributed by atoms with Gasteiger partial charge in [-0.15, -0.1) is 0 Å². The summed E-state index contributed by atoms with van der Waals surface area (Å²) in [5, 5.41) is 13.7. The zero-order valence-electron chi connectivity index (χ0n) is 14.9. The maximum absolute atomic E-state index is 12.1. The van der Waals surface area contributed by atoms with Gasteiger partial charge in [-0.1, -0.05) is 24.3 Å². The van der Waals surface area contributed by atoms with Crippen LogP contribution in [-0.4, -0.2) is 17.6 Å². The Balaban J connectivity index is 1.67. The smallest absolute Gasteiger partial charge is 0.343 e. The lowest BCUT2D eigenvalue weighted by atomic mass is 10.0. The summed E-state index contributed by atoms with van der Waals surface area (Å²) in [6.45, 7) is 0.309. The van der Waals surface area contributed by atoms with Crippen LogP contribution in [0.25, 0.3) is 11.0 Å². The lowest BCUT2D eigenvalue weighted by Crippen LogP contribution is -2.16. The second-order valence-corrected chi connectivity index (χ2v) is 6.35. The zero-order chi connectivity index (χ0) is 19.2. The molecule has 0 fully saturated rings. The first-order chi connectivity index (χ1) is 13.1. The molecule has 6 heteroatoms. The molecule has 2 aromatic carbocycles. The van der Waals surface area contributed by atoms with Crippen molar-refractivity contribution in [3.05, 3.63) is 70.1 Å². The second-order valence-electron chi connectivity index (χ2n) is 6.35. The third-order valence-corrected chi connectivity index (χ3v) is 4.35. The number of rotatable bonds is 7. The van der Waals surface area contributed by atoms with Gasteiger partial charge in [0.2, 0.25) is 5.91 Å². The van der Waals surface area contributed by atoms with Crippen LogP contribution in [0.1, 0.15) is 24.0 Å². The van der Waals surface area contributed by atoms with Gasteiger partial charge in [-0.3, -0.25) is 4.79 Å². The maximum Gasteiger partial charge on any atom is 0.343 e. The number of aryl methyl sites for hydroxylation is 1. The Morgan fingerprint density at radius 3 is 2.74 bits per heavy atom. The summed E-state index contributed by atoms with van der Waals surface area (Å²) >= 11 is 0. The van der Waals surface area contributed by atoms with Crippen LogP contribution in [0.5, 0.6) is 5.75 Å². The molecular weight excluding hydrogens is 344 g/mol. The fourth-order valence-electron chi connectivity index (χ4n) is 3.02. The largest absolute Gasteiger partial charge is 0.507 e. The van der Waals surface area contributed by atoms with Gasteiger partial charge in [0.25, 0.3) is 0 Å². The van der Waals surface area contributed by atoms with E-state index in [-0.39, 0.29) is 18.1 Å². The average Bonchev–Trinajstić information content (AvgIpc) is 2.65. The van der Waals surface area contributed by atoms with E-state index in [1.807, 2.05) is 24.3 Å². The minimum Gasteiger partial charge on any atom is -0.507 e. The Morgan fingerprint density at radius 1 is 1.11 bits per heavy atom. The van der Waals surface area contributed by atoms with Gasteiger partial charge in [-0.05, 0) is 49.1 Å². The van der Waals surface area contributed by atoms with Gasteiger partial charge in [-0.2, -0.15) is 0 Å². The quantitative estimate of drug-likeness (QED) is 0.558. The Labute approximate surface area is 156 Å². The lowest BCUT2D eigenvalue weighted by molar-refractivity contribution is -0.116. The van der Waals surface area contributed by atoms with E-state index in [4.69, 9.17) is 10.2 Å². The molecule has 0 unspecified atom stereocenters. The van der Waals surface area contributed by atoms with Crippen LogP contribution in [0.3, 0.4) is 0 Å². The summed E-state index contributed by atoms with van der Waals surface area (Å²) in [7, 11) is 0. The Hall–Kier alpha value is -3.12. The van der Waals surface area contributed by atoms with Gasteiger partial charge in [0.05, 0.1) is 10.9 Å². The van der Waals surface area contributed by atoms with Gasteiger partial charge in [0, 0.05) is 18.7 Å². The topological polar surface area (TPSA) is 106 Å². The molecule has 4 N–H and O–H groups in total. The van der Waals surface area contributed by atoms with Crippen LogP contribution in [-0.2, 0) is 17.6 Å². The number of fused-ring (bicyclic) bond motifs is 1. The molecule has 0 aliphatic rings. The highest BCUT2D eigenvalue weighted by molar-refractivity contribution is 5.90. The molecule has 1 amide bonds. The fourth-order valence-corrected chi connectivity index (χ4v) is 3.02. The molecule has 1 aromatic heterocycles. The molecule has 0 aliphatic heterocycles. The Bertz CT molecular complexity index is 1010. The highest BCUT2D eigenvalue weighted by atomic mass is 16.4. The number of anilines is 1. The predicted octanol–water partition coefficient (Wildman–Crippen LogP) is 2.96. The van der Waals surface area contributed by atoms with Gasteiger partial charge in [0.15, 0.2) is 0 Å². The van der Waals surface area contributed by atoms with E-state index in [1.165, 1.54) is 0 Å². The van der Waals surface area contributed by atoms with E-state index in [2.05, 4.69) is 5.32 Å². The molecule has 3 rings (SSSR count). The van der Waals surface area contributed by atoms with Crippen molar-refractivity contribution in [3.63, 3.8) is 0 Å². The van der Waals surface area contributed by atoms with Crippen LogP contribution < -0.4 is 16.7 Å². The number of hydrogen-bond acceptors (Lipinski definition) is 5. The van der Waals surface area contributed by atoms with E-state index < -0.39 is 5.63 Å². The van der Waals surface area contributed by atoms with Gasteiger partial charge in [-0.25, -0.2) is 4.79 Å². The number of amides is 1. The number of nitrogens with one attached hydrogen (secondary N) is 1. The lowest BCUT2D eigenvalue weighted by Gasteiger charge is -2.08. The molecule has 0 saturated heterocycles. The monoisotopic (exact) mass is 366 g/mol. The third kappa shape index (κ3) is 4.54. The molecule has 0 aliphatic carbocycles. The standard InChI is InChI=1S/C21H22N2O4/c22-12-11-19(24)23-15-7-3-5-14(13-15)6-4-9-17-20(25)16-8-1-2-10-18(16)27-21(17)26/h1-3,5,7-8,10,13,25H,4,6,9,11-12,22H2,(H,23,24). The SMILES string of the molecule is NCCC(=O)Nc1cccc(CCCc2c(O)c3ccccc3oc2=O)c1. The van der Waals surface area contributed by atoms with E-state index in [0.717, 1.165) is 11.3 Å². The van der Waals surface area contributed by atoms with Crippen LogP contribution >= 0.6 is 0 Å². The molecule has 0 bridgehead atoms. The van der Waals surface area contributed by atoms with Crippen molar-refractivity contribution in [3.8, 4) is 5.75 Å². The zero-order valence-corrected chi connectivity index (χ0v) is 14.9. The number of para-hydroxylation sites is 1. The second kappa shape index (κ2) is 8.51. The highest BCUT2D eigenvalue weighted by Crippen LogP contribution is 2.27. The first kappa shape index (κ1) is 18.7. The number of carbonyl (C=O) groups excluding carboxylic acids is 1. The normalized spacial score (nSPS) is 10.9. The van der Waals surface area contributed by atoms with Crippen LogP contribution in [0, 0.1) is 0 Å². The molecular formula is C21H22N2O4. The van der Waals surface area contributed by atoms with Crippen molar-refractivity contribution in [2.24, 2.45) is 5.73 Å². The van der Waals surface area contributed by atoms with Gasteiger partial charge in [0.1, 0.15) is 11.3 Å². The summed E-state index contributed by atoms with van der Waals surface area (Å²) in [4.78, 5) is 23.8. The van der Waals surface area contributed by atoms with Gasteiger partial charge >= 0.3 is 5.63 Å². The van der Waals surface area contributed by atoms with E-state index >= 15 is 0 Å². The van der Waals surface area contributed by atoms with Crippen molar-refractivity contribution in [1.29, 1.82) is 0 Å². The molecule has 0 saturated carbocycles. The van der Waals surface area contributed by atoms with Crippen molar-refractivity contribution >= 4 is 22.6 Å². The molecule has 3 aromatic rings. The number of aromatic hydroxyl groups is 1. The third-order valence-electron chi connectivity index (χ3n) is 4.35. The minimum absolute atomic E-state index is 0.00958. The van der Waals surface area contributed by atoms with Crippen molar-refractivity contribution in [2.45, 2.75) is 25.7 Å². The molecule has 0 radical (unpaired) electrons. The molecule has 0 atom stereocenters. The van der Waals surface area contributed by atoms with Crippen molar-refractivity contribution in [2.75, 3.05) is 11.9 Å². The average molecular weight is 366 g/mol. The number of hydrogen-bond donors (Lipinski definition) is 3. The first-order valence-corrected chi connectivity index (χ1v) is 8.91. The van der Waals surface area contributed by atoms with Crippen molar-refractivity contribution in [1.82, 2.24) is 0 Å². The van der Waals surface area contributed by atoms with Crippen LogP contribution in [0.2, 0.25) is 0 Å². The number of nitrogens with two attached hydrogens (primary N) is 1. The Morgan fingerprint density at radius 2 is 1.93 bits per heavy atom. The molecule has 140 valence electrons. The van der Waals surface area contributed by atoms with Crippen LogP contribution in [0.4, 0.5) is 5.69 Å². The highest BCUT2D eigenvalue weighted by Gasteiger charge is 2.13. The van der Waals surface area contributed by atoms with Crippen molar-refractivity contribution < 1.29 is 14.3 Å². The minimum atomic E-state index is -0.506. The summed E-state index contributed by atoms with van der Waals surface area (Å²) < 4.78 is 5.29. The molecule has 27 heavy (non-hydrogen) atoms. The summed E-state index contributed by atoms with van der Waals surface area (Å²) in [6, 6.07) is 14.5. The summed E-state index contributed by atoms with van der Waals surface area (Å²) in [5.41, 5.74) is 7.30. The van der Waals surface area contributed by atoms with Crippen LogP contribution in [0.15, 0.2) is 57.7 Å². The van der Waals surface area contributed by atoms with E-state index in [9.17, 15) is 14.7 Å². The molecule has 6 nitrogen and oxygen atoms in total. The number of benzene rings is 2. The summed E-state index contributed by atoms with van der Waals surface area (Å²) in [6.07, 6.45) is 2.05.